The number of ether oxygens (including phenoxy) is 2. The van der Waals surface area contributed by atoms with Crippen molar-refractivity contribution in [3.8, 4) is 0 Å². The quantitative estimate of drug-likeness (QED) is 0.0373. The van der Waals surface area contributed by atoms with Crippen molar-refractivity contribution in [1.29, 1.82) is 0 Å². The van der Waals surface area contributed by atoms with Gasteiger partial charge in [-0.3, -0.25) is 9.59 Å². The second kappa shape index (κ2) is 76.8. The van der Waals surface area contributed by atoms with E-state index in [1.165, 1.54) is 193 Å². The molecule has 0 aliphatic heterocycles. The minimum atomic E-state index is -0.807. The molecule has 0 amide bonds. The van der Waals surface area contributed by atoms with Gasteiger partial charge in [0.15, 0.2) is 6.10 Å². The van der Waals surface area contributed by atoms with Crippen LogP contribution in [0.2, 0.25) is 0 Å². The number of esters is 2. The molecule has 0 bridgehead atoms. The van der Waals surface area contributed by atoms with Gasteiger partial charge >= 0.3 is 11.9 Å². The third-order valence-corrected chi connectivity index (χ3v) is 15.8. The second-order valence-corrected chi connectivity index (χ2v) is 24.3. The summed E-state index contributed by atoms with van der Waals surface area (Å²) in [5.41, 5.74) is 0. The van der Waals surface area contributed by atoms with Crippen LogP contribution in [0, 0.1) is 0 Å². The second-order valence-electron chi connectivity index (χ2n) is 24.3. The molecule has 0 radical (unpaired) electrons. The Kier molecular flexibility index (Phi) is 72.9. The molecule has 0 aromatic heterocycles. The fourth-order valence-electron chi connectivity index (χ4n) is 10.3. The van der Waals surface area contributed by atoms with E-state index in [1.807, 2.05) is 0 Å². The summed E-state index contributed by atoms with van der Waals surface area (Å²) in [7, 11) is 0. The molecule has 0 aromatic carbocycles. The maximum atomic E-state index is 12.4. The lowest BCUT2D eigenvalue weighted by Crippen LogP contribution is -2.28. The van der Waals surface area contributed by atoms with E-state index >= 15 is 0 Å². The molecule has 1 unspecified atom stereocenters. The van der Waals surface area contributed by atoms with Gasteiger partial charge in [0.1, 0.15) is 6.61 Å². The molecule has 0 aliphatic carbocycles. The highest BCUT2D eigenvalue weighted by Gasteiger charge is 2.16. The molecule has 0 spiro atoms. The van der Waals surface area contributed by atoms with Gasteiger partial charge < -0.3 is 14.6 Å². The largest absolute Gasteiger partial charge is 0.462 e. The Labute approximate surface area is 545 Å². The summed E-state index contributed by atoms with van der Waals surface area (Å²) >= 11 is 0. The number of hydrogen-bond acceptors (Lipinski definition) is 5. The molecule has 0 aromatic rings. The normalized spacial score (nSPS) is 13.2. The molecule has 0 aliphatic rings. The Bertz CT molecular complexity index is 1860. The van der Waals surface area contributed by atoms with Crippen LogP contribution in [0.1, 0.15) is 335 Å². The molecule has 0 saturated heterocycles. The molecule has 5 heteroatoms. The topological polar surface area (TPSA) is 72.8 Å². The average Bonchev–Trinajstić information content (AvgIpc) is 3.56. The standard InChI is InChI=1S/C83H138O5/c1-3-5-7-9-11-13-15-17-19-21-23-25-27-29-31-33-35-37-38-39-40-41-42-43-44-46-47-49-51-53-55-57-59-61-63-65-67-69-71-73-75-77-82(85)87-80-81(79-84)88-83(86)78-76-74-72-70-68-66-64-62-60-58-56-54-52-50-48-45-36-34-32-30-28-26-24-22-20-18-16-14-12-10-8-6-4-2/h6,8,12,14-15,17-18,20-21,23-24,26-27,29-30,32,36,45,50,52,56,58,62,64,68,70,81,84H,3-5,7,9-11,13,16,19,22,25,28,31,33-35,37-44,46-49,51,53-55,57,59-61,63,65-67,69,71-80H2,1-2H3/b8-6-,14-12-,17-15-,20-18-,23-21-,26-24-,29-27-,32-30-,45-36-,52-50-,58-56-,64-62-,70-68-. The lowest BCUT2D eigenvalue weighted by atomic mass is 10.0. The van der Waals surface area contributed by atoms with Crippen molar-refractivity contribution in [2.75, 3.05) is 13.2 Å². The zero-order valence-corrected chi connectivity index (χ0v) is 57.4. The van der Waals surface area contributed by atoms with Crippen molar-refractivity contribution in [2.24, 2.45) is 0 Å². The third kappa shape index (κ3) is 74.0. The Hall–Kier alpha value is -4.48. The fourth-order valence-corrected chi connectivity index (χ4v) is 10.3. The Balaban J connectivity index is 3.53. The monoisotopic (exact) mass is 1220 g/mol. The van der Waals surface area contributed by atoms with Crippen molar-refractivity contribution in [3.63, 3.8) is 0 Å². The van der Waals surface area contributed by atoms with Crippen LogP contribution < -0.4 is 0 Å². The van der Waals surface area contributed by atoms with Crippen LogP contribution in [0.25, 0.3) is 0 Å². The fraction of sp³-hybridized carbons (Fsp3) is 0.663. The number of aliphatic hydroxyl groups excluding tert-OH is 1. The summed E-state index contributed by atoms with van der Waals surface area (Å²) in [6.45, 7) is 4.00. The summed E-state index contributed by atoms with van der Waals surface area (Å²) in [6.07, 6.45) is 117. The van der Waals surface area contributed by atoms with Crippen LogP contribution in [-0.2, 0) is 19.1 Å². The molecule has 500 valence electrons. The molecular formula is C83H138O5. The summed E-state index contributed by atoms with van der Waals surface area (Å²) < 4.78 is 10.7. The minimum Gasteiger partial charge on any atom is -0.462 e. The van der Waals surface area contributed by atoms with Crippen LogP contribution >= 0.6 is 0 Å². The van der Waals surface area contributed by atoms with Crippen molar-refractivity contribution < 1.29 is 24.2 Å². The Morgan fingerprint density at radius 3 is 0.761 bits per heavy atom. The molecule has 0 saturated carbocycles. The van der Waals surface area contributed by atoms with Crippen LogP contribution in [0.4, 0.5) is 0 Å². The lowest BCUT2D eigenvalue weighted by Gasteiger charge is -2.15. The van der Waals surface area contributed by atoms with Gasteiger partial charge in [-0.2, -0.15) is 0 Å². The first-order valence-electron chi connectivity index (χ1n) is 37.0. The van der Waals surface area contributed by atoms with Crippen molar-refractivity contribution in [2.45, 2.75) is 341 Å². The van der Waals surface area contributed by atoms with Gasteiger partial charge in [-0.1, -0.05) is 352 Å². The van der Waals surface area contributed by atoms with Gasteiger partial charge in [-0.25, -0.2) is 0 Å². The molecule has 0 rings (SSSR count). The first-order valence-corrected chi connectivity index (χ1v) is 37.0. The number of carbonyl (C=O) groups excluding carboxylic acids is 2. The highest BCUT2D eigenvalue weighted by atomic mass is 16.6. The number of aliphatic hydroxyl groups is 1. The molecule has 5 nitrogen and oxygen atoms in total. The van der Waals surface area contributed by atoms with Gasteiger partial charge in [-0.15, -0.1) is 0 Å². The number of carbonyl (C=O) groups is 2. The van der Waals surface area contributed by atoms with E-state index in [1.54, 1.807) is 0 Å². The van der Waals surface area contributed by atoms with Gasteiger partial charge in [0, 0.05) is 12.8 Å². The van der Waals surface area contributed by atoms with Gasteiger partial charge in [0.25, 0.3) is 0 Å². The van der Waals surface area contributed by atoms with E-state index in [4.69, 9.17) is 9.47 Å². The Morgan fingerprint density at radius 1 is 0.273 bits per heavy atom. The zero-order valence-electron chi connectivity index (χ0n) is 57.4. The third-order valence-electron chi connectivity index (χ3n) is 15.8. The van der Waals surface area contributed by atoms with Crippen molar-refractivity contribution in [3.05, 3.63) is 158 Å². The maximum absolute atomic E-state index is 12.4. The molecule has 88 heavy (non-hydrogen) atoms. The van der Waals surface area contributed by atoms with Gasteiger partial charge in [0.2, 0.25) is 0 Å². The summed E-state index contributed by atoms with van der Waals surface area (Å²) in [4.78, 5) is 24.7. The summed E-state index contributed by atoms with van der Waals surface area (Å²) in [5.74, 6) is -0.640. The smallest absolute Gasteiger partial charge is 0.306 e. The molecule has 0 fully saturated rings. The van der Waals surface area contributed by atoms with Crippen molar-refractivity contribution >= 4 is 11.9 Å². The van der Waals surface area contributed by atoms with Gasteiger partial charge in [0.05, 0.1) is 6.61 Å². The van der Waals surface area contributed by atoms with Crippen LogP contribution in [-0.4, -0.2) is 36.4 Å². The van der Waals surface area contributed by atoms with E-state index in [2.05, 4.69) is 172 Å². The van der Waals surface area contributed by atoms with E-state index < -0.39 is 6.10 Å². The van der Waals surface area contributed by atoms with Gasteiger partial charge in [-0.05, 0) is 128 Å². The zero-order chi connectivity index (χ0) is 63.3. The number of unbranched alkanes of at least 4 members (excludes halogenated alkanes) is 33. The number of hydrogen-bond donors (Lipinski definition) is 1. The number of allylic oxidation sites excluding steroid dienone is 26. The average molecular weight is 1220 g/mol. The molecule has 0 heterocycles. The first-order chi connectivity index (χ1) is 43.6. The maximum Gasteiger partial charge on any atom is 0.306 e. The minimum absolute atomic E-state index is 0.0901. The summed E-state index contributed by atoms with van der Waals surface area (Å²) in [6, 6.07) is 0. The Morgan fingerprint density at radius 2 is 0.489 bits per heavy atom. The van der Waals surface area contributed by atoms with Crippen molar-refractivity contribution in [1.82, 2.24) is 0 Å². The molecular weight excluding hydrogens is 1080 g/mol. The predicted octanol–water partition coefficient (Wildman–Crippen LogP) is 26.2. The van der Waals surface area contributed by atoms with Crippen LogP contribution in [0.5, 0.6) is 0 Å². The van der Waals surface area contributed by atoms with E-state index in [-0.39, 0.29) is 25.2 Å². The number of rotatable bonds is 67. The molecule has 1 atom stereocenters. The highest BCUT2D eigenvalue weighted by Crippen LogP contribution is 2.17. The van der Waals surface area contributed by atoms with E-state index in [0.717, 1.165) is 116 Å². The van der Waals surface area contributed by atoms with E-state index in [9.17, 15) is 14.7 Å². The lowest BCUT2D eigenvalue weighted by molar-refractivity contribution is -0.161. The predicted molar refractivity (Wildman–Crippen MR) is 389 cm³/mol. The highest BCUT2D eigenvalue weighted by molar-refractivity contribution is 5.70. The first kappa shape index (κ1) is 83.5. The van der Waals surface area contributed by atoms with E-state index in [0.29, 0.717) is 12.8 Å². The van der Waals surface area contributed by atoms with Crippen LogP contribution in [0.3, 0.4) is 0 Å². The van der Waals surface area contributed by atoms with Crippen LogP contribution in [0.15, 0.2) is 158 Å². The summed E-state index contributed by atoms with van der Waals surface area (Å²) in [5, 5.41) is 9.70. The molecule has 1 N–H and O–H groups in total. The SMILES string of the molecule is CC/C=C\C/C=C\C/C=C\C/C=C\C/C=C\C/C=C\C/C=C\C/C=C\C/C=C\C/C=C\CCCCC(=O)OC(CO)COC(=O)CCCCCCCCCCCCCCCCCCCCCCCCCCCC/C=C\C/C=C\C/C=C\CCCCCCC.